The summed E-state index contributed by atoms with van der Waals surface area (Å²) in [6.07, 6.45) is 0.417. The van der Waals surface area contributed by atoms with Crippen molar-refractivity contribution in [3.05, 3.63) is 42.0 Å². The first-order valence-corrected chi connectivity index (χ1v) is 12.3. The monoisotopic (exact) mass is 490 g/mol. The zero-order valence-corrected chi connectivity index (χ0v) is 19.7. The van der Waals surface area contributed by atoms with Gasteiger partial charge in [0.15, 0.2) is 17.6 Å². The van der Waals surface area contributed by atoms with Crippen molar-refractivity contribution in [3.8, 4) is 17.2 Å². The lowest BCUT2D eigenvalue weighted by molar-refractivity contribution is -0.123. The van der Waals surface area contributed by atoms with Gasteiger partial charge in [0.2, 0.25) is 10.0 Å². The van der Waals surface area contributed by atoms with Gasteiger partial charge in [-0.3, -0.25) is 4.79 Å². The molecule has 0 aromatic heterocycles. The van der Waals surface area contributed by atoms with Crippen LogP contribution in [0.15, 0.2) is 41.3 Å². The third-order valence-corrected chi connectivity index (χ3v) is 7.46. The predicted octanol–water partition coefficient (Wildman–Crippen LogP) is 2.43. The van der Waals surface area contributed by atoms with Crippen molar-refractivity contribution in [2.75, 3.05) is 38.7 Å². The van der Waals surface area contributed by atoms with E-state index in [1.54, 1.807) is 18.2 Å². The summed E-state index contributed by atoms with van der Waals surface area (Å²) in [4.78, 5) is 25.2. The van der Waals surface area contributed by atoms with Gasteiger partial charge >= 0.3 is 5.97 Å². The minimum absolute atomic E-state index is 0.00227. The standard InChI is InChI=1S/C23H26N2O8S/c1-15(22(26)24-17-6-8-18-20(14-17)32-12-11-31-18)33-23(27)16-5-7-19(30-2)21(13-16)34(28,29)25-9-3-4-10-25/h5-8,13-15H,3-4,9-12H2,1-2H3,(H,24,26). The summed E-state index contributed by atoms with van der Waals surface area (Å²) in [5.41, 5.74) is 0.457. The molecule has 1 amide bonds. The fraction of sp³-hybridized carbons (Fsp3) is 0.391. The van der Waals surface area contributed by atoms with Crippen LogP contribution in [0.25, 0.3) is 0 Å². The summed E-state index contributed by atoms with van der Waals surface area (Å²) in [6.45, 7) is 3.12. The van der Waals surface area contributed by atoms with Crippen LogP contribution < -0.4 is 19.5 Å². The van der Waals surface area contributed by atoms with E-state index in [0.29, 0.717) is 43.5 Å². The van der Waals surface area contributed by atoms with E-state index in [0.717, 1.165) is 12.8 Å². The number of anilines is 1. The minimum Gasteiger partial charge on any atom is -0.495 e. The van der Waals surface area contributed by atoms with Crippen LogP contribution in [0.4, 0.5) is 5.69 Å². The van der Waals surface area contributed by atoms with Crippen molar-refractivity contribution in [1.29, 1.82) is 0 Å². The Bertz CT molecular complexity index is 1190. The van der Waals surface area contributed by atoms with Gasteiger partial charge in [-0.1, -0.05) is 0 Å². The molecule has 0 aliphatic carbocycles. The van der Waals surface area contributed by atoms with Crippen LogP contribution in [0.2, 0.25) is 0 Å². The number of sulfonamides is 1. The third kappa shape index (κ3) is 4.95. The topological polar surface area (TPSA) is 120 Å². The second kappa shape index (κ2) is 9.90. The van der Waals surface area contributed by atoms with Gasteiger partial charge in [0.1, 0.15) is 23.9 Å². The number of benzene rings is 2. The fourth-order valence-corrected chi connectivity index (χ4v) is 5.42. The maximum atomic E-state index is 13.0. The molecule has 2 aliphatic heterocycles. The summed E-state index contributed by atoms with van der Waals surface area (Å²) in [7, 11) is -2.47. The molecule has 0 bridgehead atoms. The van der Waals surface area contributed by atoms with Crippen LogP contribution in [-0.4, -0.2) is 64.1 Å². The van der Waals surface area contributed by atoms with Gasteiger partial charge in [0.25, 0.3) is 5.91 Å². The molecule has 2 aromatic rings. The van der Waals surface area contributed by atoms with Crippen molar-refractivity contribution < 1.29 is 37.0 Å². The molecule has 10 nitrogen and oxygen atoms in total. The highest BCUT2D eigenvalue weighted by Gasteiger charge is 2.31. The number of nitrogens with zero attached hydrogens (tertiary/aromatic N) is 1. The molecule has 34 heavy (non-hydrogen) atoms. The second-order valence-electron chi connectivity index (χ2n) is 7.87. The van der Waals surface area contributed by atoms with E-state index in [1.165, 1.54) is 36.5 Å². The Balaban J connectivity index is 1.46. The molecule has 4 rings (SSSR count). The quantitative estimate of drug-likeness (QED) is 0.588. The first kappa shape index (κ1) is 23.8. The molecule has 0 spiro atoms. The van der Waals surface area contributed by atoms with Crippen LogP contribution in [0, 0.1) is 0 Å². The van der Waals surface area contributed by atoms with Crippen LogP contribution in [0.5, 0.6) is 17.2 Å². The number of carbonyl (C=O) groups is 2. The Morgan fingerprint density at radius 2 is 1.74 bits per heavy atom. The first-order valence-electron chi connectivity index (χ1n) is 10.9. The number of ether oxygens (including phenoxy) is 4. The van der Waals surface area contributed by atoms with Gasteiger partial charge in [0, 0.05) is 24.8 Å². The maximum absolute atomic E-state index is 13.0. The lowest BCUT2D eigenvalue weighted by Gasteiger charge is -2.20. The molecule has 1 unspecified atom stereocenters. The van der Waals surface area contributed by atoms with Crippen molar-refractivity contribution in [1.82, 2.24) is 4.31 Å². The first-order chi connectivity index (χ1) is 16.3. The Morgan fingerprint density at radius 1 is 1.03 bits per heavy atom. The van der Waals surface area contributed by atoms with E-state index < -0.39 is 28.0 Å². The number of carbonyl (C=O) groups excluding carboxylic acids is 2. The molecule has 1 atom stereocenters. The number of fused-ring (bicyclic) bond motifs is 1. The molecule has 1 fully saturated rings. The molecular formula is C23H26N2O8S. The van der Waals surface area contributed by atoms with E-state index in [2.05, 4.69) is 5.32 Å². The Hall–Kier alpha value is -3.31. The zero-order valence-electron chi connectivity index (χ0n) is 18.9. The molecule has 2 aliphatic rings. The number of hydrogen-bond donors (Lipinski definition) is 1. The van der Waals surface area contributed by atoms with Gasteiger partial charge in [-0.2, -0.15) is 4.31 Å². The van der Waals surface area contributed by atoms with Crippen molar-refractivity contribution in [2.24, 2.45) is 0 Å². The number of hydrogen-bond acceptors (Lipinski definition) is 8. The Morgan fingerprint density at radius 3 is 2.44 bits per heavy atom. The number of nitrogens with one attached hydrogen (secondary N) is 1. The molecule has 182 valence electrons. The molecule has 11 heteroatoms. The highest BCUT2D eigenvalue weighted by atomic mass is 32.2. The molecule has 1 saturated heterocycles. The van der Waals surface area contributed by atoms with Crippen molar-refractivity contribution >= 4 is 27.6 Å². The van der Waals surface area contributed by atoms with Crippen LogP contribution >= 0.6 is 0 Å². The van der Waals surface area contributed by atoms with E-state index in [1.807, 2.05) is 0 Å². The summed E-state index contributed by atoms with van der Waals surface area (Å²) in [5.74, 6) is -0.150. The van der Waals surface area contributed by atoms with Gasteiger partial charge in [-0.25, -0.2) is 13.2 Å². The molecule has 2 heterocycles. The minimum atomic E-state index is -3.83. The van der Waals surface area contributed by atoms with E-state index in [-0.39, 0.29) is 16.2 Å². The fourth-order valence-electron chi connectivity index (χ4n) is 3.72. The molecule has 0 saturated carbocycles. The Labute approximate surface area is 197 Å². The molecular weight excluding hydrogens is 464 g/mol. The summed E-state index contributed by atoms with van der Waals surface area (Å²) in [5, 5.41) is 2.67. The van der Waals surface area contributed by atoms with Gasteiger partial charge in [-0.05, 0) is 50.1 Å². The van der Waals surface area contributed by atoms with Crippen LogP contribution in [-0.2, 0) is 19.6 Å². The molecule has 2 aromatic carbocycles. The summed E-state index contributed by atoms with van der Waals surface area (Å²) < 4.78 is 48.9. The normalized spacial score (nSPS) is 16.5. The second-order valence-corrected chi connectivity index (χ2v) is 9.78. The van der Waals surface area contributed by atoms with E-state index in [9.17, 15) is 18.0 Å². The SMILES string of the molecule is COc1ccc(C(=O)OC(C)C(=O)Nc2ccc3c(c2)OCCO3)cc1S(=O)(=O)N1CCCC1. The maximum Gasteiger partial charge on any atom is 0.338 e. The Kier molecular flexibility index (Phi) is 6.94. The number of rotatable bonds is 7. The summed E-state index contributed by atoms with van der Waals surface area (Å²) >= 11 is 0. The number of esters is 1. The van der Waals surface area contributed by atoms with Crippen molar-refractivity contribution in [2.45, 2.75) is 30.8 Å². The summed E-state index contributed by atoms with van der Waals surface area (Å²) in [6, 6.07) is 8.98. The van der Waals surface area contributed by atoms with Gasteiger partial charge in [0.05, 0.1) is 12.7 Å². The largest absolute Gasteiger partial charge is 0.495 e. The highest BCUT2D eigenvalue weighted by Crippen LogP contribution is 2.33. The van der Waals surface area contributed by atoms with Gasteiger partial charge in [-0.15, -0.1) is 0 Å². The van der Waals surface area contributed by atoms with Gasteiger partial charge < -0.3 is 24.3 Å². The predicted molar refractivity (Wildman–Crippen MR) is 122 cm³/mol. The lowest BCUT2D eigenvalue weighted by Crippen LogP contribution is -2.30. The van der Waals surface area contributed by atoms with Crippen molar-refractivity contribution in [3.63, 3.8) is 0 Å². The van der Waals surface area contributed by atoms with Crippen LogP contribution in [0.1, 0.15) is 30.1 Å². The van der Waals surface area contributed by atoms with E-state index >= 15 is 0 Å². The third-order valence-electron chi connectivity index (χ3n) is 5.54. The number of methoxy groups -OCH3 is 1. The lowest BCUT2D eigenvalue weighted by atomic mass is 10.2. The van der Waals surface area contributed by atoms with E-state index in [4.69, 9.17) is 18.9 Å². The molecule has 1 N–H and O–H groups in total. The zero-order chi connectivity index (χ0) is 24.3. The average molecular weight is 491 g/mol. The number of amides is 1. The average Bonchev–Trinajstić information content (AvgIpc) is 3.39. The molecule has 0 radical (unpaired) electrons. The highest BCUT2D eigenvalue weighted by molar-refractivity contribution is 7.89. The smallest absolute Gasteiger partial charge is 0.338 e. The van der Waals surface area contributed by atoms with Crippen LogP contribution in [0.3, 0.4) is 0 Å².